The average molecular weight is 273 g/mol. The van der Waals surface area contributed by atoms with Gasteiger partial charge in [-0.2, -0.15) is 8.78 Å². The normalized spacial score (nSPS) is 11.1. The lowest BCUT2D eigenvalue weighted by Crippen LogP contribution is -2.39. The number of halogens is 2. The van der Waals surface area contributed by atoms with E-state index in [2.05, 4.69) is 4.74 Å². The lowest BCUT2D eigenvalue weighted by atomic mass is 10.1. The topological polar surface area (TPSA) is 75.6 Å². The molecule has 5 nitrogen and oxygen atoms in total. The largest absolute Gasteiger partial charge is 0.480 e. The first kappa shape index (κ1) is 15.0. The van der Waals surface area contributed by atoms with Crippen LogP contribution in [0, 0.1) is 0 Å². The van der Waals surface area contributed by atoms with Crippen molar-refractivity contribution < 1.29 is 28.2 Å². The third kappa shape index (κ3) is 4.63. The molecule has 19 heavy (non-hydrogen) atoms. The van der Waals surface area contributed by atoms with Crippen LogP contribution < -0.4 is 5.32 Å². The first-order valence-electron chi connectivity index (χ1n) is 5.45. The van der Waals surface area contributed by atoms with Crippen molar-refractivity contribution in [2.75, 3.05) is 19.8 Å². The summed E-state index contributed by atoms with van der Waals surface area (Å²) in [6.45, 7) is -0.873. The predicted octanol–water partition coefficient (Wildman–Crippen LogP) is 0.996. The van der Waals surface area contributed by atoms with Crippen molar-refractivity contribution in [2.24, 2.45) is 0 Å². The minimum absolute atomic E-state index is 0.150. The lowest BCUT2D eigenvalue weighted by molar-refractivity contribution is -0.147. The molecule has 0 unspecified atom stereocenters. The number of alkyl halides is 2. The Hall–Kier alpha value is -2.02. The van der Waals surface area contributed by atoms with Crippen LogP contribution in [0.2, 0.25) is 0 Å². The van der Waals surface area contributed by atoms with E-state index in [1.807, 2.05) is 5.32 Å². The Labute approximate surface area is 108 Å². The van der Waals surface area contributed by atoms with Gasteiger partial charge >= 0.3 is 11.9 Å². The summed E-state index contributed by atoms with van der Waals surface area (Å²) in [5, 5.41) is 10.3. The molecular formula is C12H13F2NO4. The number of amides is 1. The maximum absolute atomic E-state index is 13.6. The molecule has 7 heteroatoms. The summed E-state index contributed by atoms with van der Waals surface area (Å²) in [6, 6.07) is 6.69. The number of nitrogens with one attached hydrogen (secondary N) is 1. The van der Waals surface area contributed by atoms with Crippen LogP contribution in [0.4, 0.5) is 8.78 Å². The highest BCUT2D eigenvalue weighted by Crippen LogP contribution is 2.27. The molecule has 0 atom stereocenters. The molecule has 0 aliphatic rings. The number of carbonyl (C=O) groups is 2. The van der Waals surface area contributed by atoms with Gasteiger partial charge in [-0.3, -0.25) is 4.79 Å². The zero-order valence-electron chi connectivity index (χ0n) is 9.94. The molecular weight excluding hydrogens is 260 g/mol. The Morgan fingerprint density at radius 1 is 1.26 bits per heavy atom. The Kier molecular flexibility index (Phi) is 5.37. The van der Waals surface area contributed by atoms with Crippen molar-refractivity contribution in [3.63, 3.8) is 0 Å². The zero-order valence-corrected chi connectivity index (χ0v) is 9.94. The molecule has 0 radical (unpaired) electrons. The number of carbonyl (C=O) groups excluding carboxylic acids is 1. The van der Waals surface area contributed by atoms with Gasteiger partial charge in [0.05, 0.1) is 6.61 Å². The lowest BCUT2D eigenvalue weighted by Gasteiger charge is -2.16. The molecule has 104 valence electrons. The molecule has 0 aliphatic carbocycles. The fourth-order valence-electron chi connectivity index (χ4n) is 1.29. The van der Waals surface area contributed by atoms with Gasteiger partial charge in [-0.25, -0.2) is 4.79 Å². The summed E-state index contributed by atoms with van der Waals surface area (Å²) in [5.74, 6) is -6.24. The third-order valence-electron chi connectivity index (χ3n) is 2.18. The maximum Gasteiger partial charge on any atom is 0.349 e. The number of benzene rings is 1. The molecule has 1 aromatic carbocycles. The molecule has 0 spiro atoms. The van der Waals surface area contributed by atoms with Crippen molar-refractivity contribution in [1.29, 1.82) is 0 Å². The standard InChI is InChI=1S/C12H13F2NO4/c13-12(14,9-4-2-1-3-5-9)11(18)15-6-7-19-8-10(16)17/h1-5H,6-8H2,(H,15,18)(H,16,17). The van der Waals surface area contributed by atoms with Gasteiger partial charge in [0, 0.05) is 12.1 Å². The summed E-state index contributed by atoms with van der Waals surface area (Å²) in [6.07, 6.45) is 0. The highest BCUT2D eigenvalue weighted by atomic mass is 19.3. The molecule has 1 rings (SSSR count). The SMILES string of the molecule is O=C(O)COCCNC(=O)C(F)(F)c1ccccc1. The van der Waals surface area contributed by atoms with Crippen molar-refractivity contribution in [1.82, 2.24) is 5.32 Å². The fourth-order valence-corrected chi connectivity index (χ4v) is 1.29. The van der Waals surface area contributed by atoms with Crippen LogP contribution in [0.3, 0.4) is 0 Å². The number of ether oxygens (including phenoxy) is 1. The van der Waals surface area contributed by atoms with Gasteiger partial charge in [0.15, 0.2) is 0 Å². The van der Waals surface area contributed by atoms with Crippen LogP contribution in [0.15, 0.2) is 30.3 Å². The van der Waals surface area contributed by atoms with Crippen molar-refractivity contribution in [2.45, 2.75) is 5.92 Å². The van der Waals surface area contributed by atoms with Gasteiger partial charge in [0.1, 0.15) is 6.61 Å². The van der Waals surface area contributed by atoms with Crippen LogP contribution in [0.5, 0.6) is 0 Å². The van der Waals surface area contributed by atoms with Gasteiger partial charge in [0.25, 0.3) is 5.91 Å². The molecule has 0 heterocycles. The Morgan fingerprint density at radius 2 is 1.89 bits per heavy atom. The van der Waals surface area contributed by atoms with E-state index < -0.39 is 30.0 Å². The van der Waals surface area contributed by atoms with Crippen LogP contribution in [0.1, 0.15) is 5.56 Å². The van der Waals surface area contributed by atoms with Gasteiger partial charge < -0.3 is 15.2 Å². The molecule has 0 saturated carbocycles. The fraction of sp³-hybridized carbons (Fsp3) is 0.333. The Morgan fingerprint density at radius 3 is 2.47 bits per heavy atom. The van der Waals surface area contributed by atoms with Crippen LogP contribution in [0.25, 0.3) is 0 Å². The molecule has 0 bridgehead atoms. The van der Waals surface area contributed by atoms with Gasteiger partial charge in [-0.05, 0) is 0 Å². The average Bonchev–Trinajstić information content (AvgIpc) is 2.38. The summed E-state index contributed by atoms with van der Waals surface area (Å²) >= 11 is 0. The van der Waals surface area contributed by atoms with E-state index in [1.54, 1.807) is 6.07 Å². The van der Waals surface area contributed by atoms with E-state index >= 15 is 0 Å². The minimum atomic E-state index is -3.63. The number of hydrogen-bond acceptors (Lipinski definition) is 3. The second-order valence-corrected chi connectivity index (χ2v) is 3.64. The smallest absolute Gasteiger partial charge is 0.349 e. The van der Waals surface area contributed by atoms with Crippen molar-refractivity contribution >= 4 is 11.9 Å². The minimum Gasteiger partial charge on any atom is -0.480 e. The van der Waals surface area contributed by atoms with E-state index in [0.29, 0.717) is 0 Å². The van der Waals surface area contributed by atoms with Gasteiger partial charge in [-0.1, -0.05) is 30.3 Å². The number of rotatable bonds is 7. The van der Waals surface area contributed by atoms with Crippen molar-refractivity contribution in [3.8, 4) is 0 Å². The summed E-state index contributed by atoms with van der Waals surface area (Å²) in [7, 11) is 0. The monoisotopic (exact) mass is 273 g/mol. The zero-order chi connectivity index (χ0) is 14.3. The quantitative estimate of drug-likeness (QED) is 0.727. The van der Waals surface area contributed by atoms with Gasteiger partial charge in [-0.15, -0.1) is 0 Å². The Bertz CT molecular complexity index is 437. The highest BCUT2D eigenvalue weighted by Gasteiger charge is 2.40. The molecule has 0 aliphatic heterocycles. The number of carboxylic acids is 1. The molecule has 1 aromatic rings. The highest BCUT2D eigenvalue weighted by molar-refractivity contribution is 5.84. The molecule has 2 N–H and O–H groups in total. The van der Waals surface area contributed by atoms with E-state index in [1.165, 1.54) is 12.1 Å². The van der Waals surface area contributed by atoms with E-state index in [-0.39, 0.29) is 13.2 Å². The number of carboxylic acid groups (broad SMARTS) is 1. The predicted molar refractivity (Wildman–Crippen MR) is 61.8 cm³/mol. The summed E-state index contributed by atoms with van der Waals surface area (Å²) in [5.41, 5.74) is -0.404. The van der Waals surface area contributed by atoms with Crippen LogP contribution >= 0.6 is 0 Å². The van der Waals surface area contributed by atoms with Gasteiger partial charge in [0.2, 0.25) is 0 Å². The van der Waals surface area contributed by atoms with Crippen LogP contribution in [-0.4, -0.2) is 36.7 Å². The molecule has 0 aromatic heterocycles. The summed E-state index contributed by atoms with van der Waals surface area (Å²) in [4.78, 5) is 21.4. The molecule has 1 amide bonds. The first-order chi connectivity index (χ1) is 8.94. The van der Waals surface area contributed by atoms with Crippen LogP contribution in [-0.2, 0) is 20.2 Å². The first-order valence-corrected chi connectivity index (χ1v) is 5.45. The summed E-state index contributed by atoms with van der Waals surface area (Å²) < 4.78 is 31.9. The molecule has 0 saturated heterocycles. The second kappa shape index (κ2) is 6.79. The maximum atomic E-state index is 13.6. The van der Waals surface area contributed by atoms with Crippen molar-refractivity contribution in [3.05, 3.63) is 35.9 Å². The number of hydrogen-bond donors (Lipinski definition) is 2. The van der Waals surface area contributed by atoms with E-state index in [4.69, 9.17) is 5.11 Å². The molecule has 0 fully saturated rings. The van der Waals surface area contributed by atoms with E-state index in [9.17, 15) is 18.4 Å². The third-order valence-corrected chi connectivity index (χ3v) is 2.18. The van der Waals surface area contributed by atoms with E-state index in [0.717, 1.165) is 12.1 Å². The number of aliphatic carboxylic acids is 1. The Balaban J connectivity index is 2.42. The second-order valence-electron chi connectivity index (χ2n) is 3.64.